The topological polar surface area (TPSA) is 38.3 Å². The van der Waals surface area contributed by atoms with Crippen molar-refractivity contribution in [3.05, 3.63) is 27.3 Å². The van der Waals surface area contributed by atoms with Crippen LogP contribution in [0.4, 0.5) is 5.69 Å². The molecule has 0 aromatic heterocycles. The smallest absolute Gasteiger partial charge is 0.234 e. The molecule has 1 aromatic rings. The minimum Gasteiger partial charge on any atom is -0.384 e. The maximum atomic E-state index is 11.6. The molecule has 5 heteroatoms. The molecule has 3 nitrogen and oxygen atoms in total. The van der Waals surface area contributed by atoms with Crippen molar-refractivity contribution >= 4 is 45.9 Å². The number of benzene rings is 1. The third-order valence-electron chi connectivity index (χ3n) is 2.12. The number of anilines is 1. The summed E-state index contributed by atoms with van der Waals surface area (Å²) in [5, 5.41) is 2.88. The molecule has 0 aliphatic carbocycles. The van der Waals surface area contributed by atoms with Crippen molar-refractivity contribution in [2.45, 2.75) is 6.92 Å². The lowest BCUT2D eigenvalue weighted by atomic mass is 10.2. The molecule has 0 saturated carbocycles. The molecule has 0 aliphatic heterocycles. The van der Waals surface area contributed by atoms with Gasteiger partial charge in [0.25, 0.3) is 0 Å². The largest absolute Gasteiger partial charge is 0.384 e. The first-order valence-electron chi connectivity index (χ1n) is 5.26. The lowest BCUT2D eigenvalue weighted by molar-refractivity contribution is -0.113. The van der Waals surface area contributed by atoms with Crippen molar-refractivity contribution in [2.75, 3.05) is 30.5 Å². The highest BCUT2D eigenvalue weighted by Gasteiger charge is 2.03. The van der Waals surface area contributed by atoms with Crippen LogP contribution in [-0.4, -0.2) is 31.1 Å². The van der Waals surface area contributed by atoms with E-state index in [0.29, 0.717) is 12.4 Å². The van der Waals surface area contributed by atoms with Crippen LogP contribution in [0.1, 0.15) is 5.56 Å². The summed E-state index contributed by atoms with van der Waals surface area (Å²) in [4.78, 5) is 11.6. The Kier molecular flexibility index (Phi) is 6.91. The van der Waals surface area contributed by atoms with Gasteiger partial charge in [0.1, 0.15) is 0 Å². The minimum absolute atomic E-state index is 0.0331. The average molecular weight is 365 g/mol. The number of ether oxygens (including phenoxy) is 1. The van der Waals surface area contributed by atoms with E-state index < -0.39 is 0 Å². The van der Waals surface area contributed by atoms with E-state index in [4.69, 9.17) is 4.74 Å². The van der Waals surface area contributed by atoms with Gasteiger partial charge >= 0.3 is 0 Å². The van der Waals surface area contributed by atoms with Gasteiger partial charge in [-0.15, -0.1) is 11.8 Å². The van der Waals surface area contributed by atoms with E-state index in [1.807, 2.05) is 25.1 Å². The summed E-state index contributed by atoms with van der Waals surface area (Å²) in [6.07, 6.45) is 0. The summed E-state index contributed by atoms with van der Waals surface area (Å²) < 4.78 is 6.08. The Morgan fingerprint density at radius 3 is 2.94 bits per heavy atom. The summed E-state index contributed by atoms with van der Waals surface area (Å²) in [5.41, 5.74) is 2.08. The van der Waals surface area contributed by atoms with E-state index in [9.17, 15) is 4.79 Å². The number of rotatable bonds is 6. The number of aryl methyl sites for hydroxylation is 1. The molecule has 1 amide bonds. The summed E-state index contributed by atoms with van der Waals surface area (Å²) in [7, 11) is 1.66. The Labute approximate surface area is 120 Å². The zero-order chi connectivity index (χ0) is 12.7. The Morgan fingerprint density at radius 1 is 1.53 bits per heavy atom. The highest BCUT2D eigenvalue weighted by molar-refractivity contribution is 14.1. The second kappa shape index (κ2) is 7.94. The molecule has 0 unspecified atom stereocenters. The lowest BCUT2D eigenvalue weighted by Crippen LogP contribution is -2.15. The van der Waals surface area contributed by atoms with Crippen molar-refractivity contribution in [3.63, 3.8) is 0 Å². The summed E-state index contributed by atoms with van der Waals surface area (Å²) >= 11 is 3.84. The van der Waals surface area contributed by atoms with Gasteiger partial charge in [-0.25, -0.2) is 0 Å². The van der Waals surface area contributed by atoms with Gasteiger partial charge in [-0.3, -0.25) is 4.79 Å². The summed E-state index contributed by atoms with van der Waals surface area (Å²) in [6, 6.07) is 5.91. The monoisotopic (exact) mass is 365 g/mol. The van der Waals surface area contributed by atoms with E-state index in [1.54, 1.807) is 18.9 Å². The molecule has 0 atom stereocenters. The molecule has 1 N–H and O–H groups in total. The number of amides is 1. The molecule has 0 bridgehead atoms. The molecule has 0 radical (unpaired) electrons. The van der Waals surface area contributed by atoms with Crippen LogP contribution >= 0.6 is 34.4 Å². The highest BCUT2D eigenvalue weighted by atomic mass is 127. The first kappa shape index (κ1) is 14.8. The SMILES string of the molecule is COCCSCC(=O)Nc1ccc(C)c(I)c1. The molecule has 1 rings (SSSR count). The zero-order valence-corrected chi connectivity index (χ0v) is 12.9. The molecule has 0 aliphatic rings. The third-order valence-corrected chi connectivity index (χ3v) is 4.20. The normalized spacial score (nSPS) is 10.3. The van der Waals surface area contributed by atoms with Crippen LogP contribution < -0.4 is 5.32 Å². The number of halogens is 1. The predicted molar refractivity (Wildman–Crippen MR) is 81.7 cm³/mol. The van der Waals surface area contributed by atoms with Gasteiger partial charge < -0.3 is 10.1 Å². The van der Waals surface area contributed by atoms with Crippen molar-refractivity contribution < 1.29 is 9.53 Å². The molecule has 17 heavy (non-hydrogen) atoms. The number of carbonyl (C=O) groups excluding carboxylic acids is 1. The van der Waals surface area contributed by atoms with Crippen LogP contribution in [-0.2, 0) is 9.53 Å². The van der Waals surface area contributed by atoms with Gasteiger partial charge in [-0.1, -0.05) is 6.07 Å². The Morgan fingerprint density at radius 2 is 2.29 bits per heavy atom. The molecule has 0 heterocycles. The number of thioether (sulfide) groups is 1. The Balaban J connectivity index is 2.37. The number of methoxy groups -OCH3 is 1. The Bertz CT molecular complexity index is 385. The average Bonchev–Trinajstić information content (AvgIpc) is 2.30. The van der Waals surface area contributed by atoms with E-state index in [0.717, 1.165) is 15.0 Å². The van der Waals surface area contributed by atoms with Crippen LogP contribution in [0.15, 0.2) is 18.2 Å². The maximum absolute atomic E-state index is 11.6. The van der Waals surface area contributed by atoms with Crippen LogP contribution in [0.25, 0.3) is 0 Å². The van der Waals surface area contributed by atoms with Gasteiger partial charge in [0, 0.05) is 22.1 Å². The molecule has 0 fully saturated rings. The van der Waals surface area contributed by atoms with Crippen LogP contribution in [0, 0.1) is 10.5 Å². The highest BCUT2D eigenvalue weighted by Crippen LogP contribution is 2.17. The number of carbonyl (C=O) groups is 1. The molecular weight excluding hydrogens is 349 g/mol. The van der Waals surface area contributed by atoms with Crippen molar-refractivity contribution in [2.24, 2.45) is 0 Å². The fraction of sp³-hybridized carbons (Fsp3) is 0.417. The number of nitrogens with one attached hydrogen (secondary N) is 1. The van der Waals surface area contributed by atoms with Crippen molar-refractivity contribution in [1.29, 1.82) is 0 Å². The van der Waals surface area contributed by atoms with Crippen molar-refractivity contribution in [1.82, 2.24) is 0 Å². The van der Waals surface area contributed by atoms with Gasteiger partial charge in [-0.05, 0) is 47.2 Å². The molecule has 0 spiro atoms. The van der Waals surface area contributed by atoms with E-state index >= 15 is 0 Å². The number of hydrogen-bond acceptors (Lipinski definition) is 3. The van der Waals surface area contributed by atoms with Gasteiger partial charge in [0.15, 0.2) is 0 Å². The lowest BCUT2D eigenvalue weighted by Gasteiger charge is -2.06. The van der Waals surface area contributed by atoms with Crippen molar-refractivity contribution in [3.8, 4) is 0 Å². The summed E-state index contributed by atoms with van der Waals surface area (Å²) in [5.74, 6) is 1.34. The predicted octanol–water partition coefficient (Wildman–Crippen LogP) is 2.92. The molecule has 0 saturated heterocycles. The first-order valence-corrected chi connectivity index (χ1v) is 7.49. The van der Waals surface area contributed by atoms with Crippen LogP contribution in [0.2, 0.25) is 0 Å². The first-order chi connectivity index (χ1) is 8.13. The maximum Gasteiger partial charge on any atom is 0.234 e. The zero-order valence-electron chi connectivity index (χ0n) is 9.96. The van der Waals surface area contributed by atoms with Gasteiger partial charge in [0.2, 0.25) is 5.91 Å². The van der Waals surface area contributed by atoms with Crippen LogP contribution in [0.5, 0.6) is 0 Å². The van der Waals surface area contributed by atoms with Gasteiger partial charge in [-0.2, -0.15) is 0 Å². The second-order valence-electron chi connectivity index (χ2n) is 3.56. The fourth-order valence-electron chi connectivity index (χ4n) is 1.17. The van der Waals surface area contributed by atoms with Gasteiger partial charge in [0.05, 0.1) is 12.4 Å². The number of hydrogen-bond donors (Lipinski definition) is 1. The van der Waals surface area contributed by atoms with Crippen LogP contribution in [0.3, 0.4) is 0 Å². The standard InChI is InChI=1S/C12H16INO2S/c1-9-3-4-10(7-11(9)13)14-12(15)8-17-6-5-16-2/h3-4,7H,5-6,8H2,1-2H3,(H,14,15). The quantitative estimate of drug-likeness (QED) is 0.622. The van der Waals surface area contributed by atoms with E-state index in [1.165, 1.54) is 5.56 Å². The fourth-order valence-corrected chi connectivity index (χ4v) is 2.38. The summed E-state index contributed by atoms with van der Waals surface area (Å²) in [6.45, 7) is 2.73. The molecule has 1 aromatic carbocycles. The van der Waals surface area contributed by atoms with E-state index in [2.05, 4.69) is 27.9 Å². The van der Waals surface area contributed by atoms with E-state index in [-0.39, 0.29) is 5.91 Å². The minimum atomic E-state index is 0.0331. The Hall–Kier alpha value is -0.270. The molecular formula is C12H16INO2S. The third kappa shape index (κ3) is 5.74. The second-order valence-corrected chi connectivity index (χ2v) is 5.82. The molecule has 94 valence electrons.